The third-order valence-electron chi connectivity index (χ3n) is 2.57. The first-order valence-electron chi connectivity index (χ1n) is 5.32. The van der Waals surface area contributed by atoms with E-state index in [-0.39, 0.29) is 12.2 Å². The molecule has 1 saturated heterocycles. The van der Waals surface area contributed by atoms with Crippen LogP contribution in [0.25, 0.3) is 0 Å². The van der Waals surface area contributed by atoms with Crippen LogP contribution < -0.4 is 5.32 Å². The Bertz CT molecular complexity index is 189. The van der Waals surface area contributed by atoms with Gasteiger partial charge < -0.3 is 19.7 Å². The predicted molar refractivity (Wildman–Crippen MR) is 56.5 cm³/mol. The molecule has 1 aliphatic heterocycles. The number of nitrogens with one attached hydrogen (secondary N) is 1. The van der Waals surface area contributed by atoms with Gasteiger partial charge in [0.1, 0.15) is 0 Å². The molecule has 0 aliphatic carbocycles. The average Bonchev–Trinajstić information content (AvgIpc) is 2.77. The lowest BCUT2D eigenvalue weighted by Crippen LogP contribution is -2.39. The van der Waals surface area contributed by atoms with Gasteiger partial charge in [-0.1, -0.05) is 0 Å². The minimum Gasteiger partial charge on any atom is -0.355 e. The molecule has 0 saturated carbocycles. The molecule has 1 aliphatic rings. The summed E-state index contributed by atoms with van der Waals surface area (Å²) in [5.74, 6) is 0.165. The van der Waals surface area contributed by atoms with Crippen molar-refractivity contribution in [3.05, 3.63) is 0 Å². The molecule has 0 aromatic rings. The highest BCUT2D eigenvalue weighted by molar-refractivity contribution is 5.78. The fraction of sp³-hybridized carbons (Fsp3) is 0.900. The van der Waals surface area contributed by atoms with Crippen LogP contribution in [0, 0.1) is 0 Å². The summed E-state index contributed by atoms with van der Waals surface area (Å²) in [6.07, 6.45) is 1.98. The number of methoxy groups -OCH3 is 2. The van der Waals surface area contributed by atoms with E-state index in [1.807, 2.05) is 4.90 Å². The maximum Gasteiger partial charge on any atom is 0.236 e. The first-order chi connectivity index (χ1) is 7.27. The summed E-state index contributed by atoms with van der Waals surface area (Å²) in [6, 6.07) is 0. The van der Waals surface area contributed by atoms with Crippen molar-refractivity contribution in [2.24, 2.45) is 0 Å². The Balaban J connectivity index is 2.10. The smallest absolute Gasteiger partial charge is 0.236 e. The monoisotopic (exact) mass is 216 g/mol. The number of ether oxygens (including phenoxy) is 2. The summed E-state index contributed by atoms with van der Waals surface area (Å²) in [6.45, 7) is 2.70. The van der Waals surface area contributed by atoms with Gasteiger partial charge in [0.25, 0.3) is 0 Å². The summed E-state index contributed by atoms with van der Waals surface area (Å²) >= 11 is 0. The highest BCUT2D eigenvalue weighted by Crippen LogP contribution is 2.06. The van der Waals surface area contributed by atoms with Gasteiger partial charge in [0.05, 0.1) is 6.54 Å². The molecule has 0 aromatic heterocycles. The molecule has 0 radical (unpaired) electrons. The SMILES string of the molecule is COC(CNCC(=O)N1CCCC1)OC. The molecule has 1 heterocycles. The first kappa shape index (κ1) is 12.4. The highest BCUT2D eigenvalue weighted by Gasteiger charge is 2.17. The molecule has 0 bridgehead atoms. The summed E-state index contributed by atoms with van der Waals surface area (Å²) < 4.78 is 9.99. The molecule has 88 valence electrons. The normalized spacial score (nSPS) is 16.3. The van der Waals surface area contributed by atoms with Gasteiger partial charge in [-0.2, -0.15) is 0 Å². The van der Waals surface area contributed by atoms with Crippen LogP contribution in [0.15, 0.2) is 0 Å². The van der Waals surface area contributed by atoms with Gasteiger partial charge in [-0.05, 0) is 12.8 Å². The average molecular weight is 216 g/mol. The number of carbonyl (C=O) groups excluding carboxylic acids is 1. The van der Waals surface area contributed by atoms with Gasteiger partial charge in [-0.3, -0.25) is 4.79 Å². The molecule has 0 spiro atoms. The fourth-order valence-electron chi connectivity index (χ4n) is 1.64. The minimum atomic E-state index is -0.281. The second-order valence-electron chi connectivity index (χ2n) is 3.62. The predicted octanol–water partition coefficient (Wildman–Crippen LogP) is -0.183. The first-order valence-corrected chi connectivity index (χ1v) is 5.32. The summed E-state index contributed by atoms with van der Waals surface area (Å²) in [5.41, 5.74) is 0. The van der Waals surface area contributed by atoms with Crippen molar-refractivity contribution in [3.63, 3.8) is 0 Å². The quantitative estimate of drug-likeness (QED) is 0.626. The molecule has 5 nitrogen and oxygen atoms in total. The number of carbonyl (C=O) groups is 1. The van der Waals surface area contributed by atoms with E-state index in [1.165, 1.54) is 0 Å². The minimum absolute atomic E-state index is 0.165. The Labute approximate surface area is 90.7 Å². The van der Waals surface area contributed by atoms with E-state index in [2.05, 4.69) is 5.32 Å². The number of rotatable bonds is 6. The molecular formula is C10H20N2O3. The molecule has 1 rings (SSSR count). The molecule has 15 heavy (non-hydrogen) atoms. The Morgan fingerprint density at radius 3 is 2.47 bits per heavy atom. The summed E-state index contributed by atoms with van der Waals surface area (Å²) in [7, 11) is 3.16. The highest BCUT2D eigenvalue weighted by atomic mass is 16.7. The van der Waals surface area contributed by atoms with Crippen LogP contribution in [0.4, 0.5) is 0 Å². The zero-order valence-electron chi connectivity index (χ0n) is 9.49. The van der Waals surface area contributed by atoms with Gasteiger partial charge in [-0.15, -0.1) is 0 Å². The van der Waals surface area contributed by atoms with Crippen molar-refractivity contribution in [1.29, 1.82) is 0 Å². The van der Waals surface area contributed by atoms with Crippen molar-refractivity contribution in [2.75, 3.05) is 40.4 Å². The third-order valence-corrected chi connectivity index (χ3v) is 2.57. The van der Waals surface area contributed by atoms with Crippen molar-refractivity contribution in [3.8, 4) is 0 Å². The lowest BCUT2D eigenvalue weighted by Gasteiger charge is -2.17. The number of likely N-dealkylation sites (tertiary alicyclic amines) is 1. The van der Waals surface area contributed by atoms with Crippen LogP contribution >= 0.6 is 0 Å². The maximum absolute atomic E-state index is 11.6. The summed E-state index contributed by atoms with van der Waals surface area (Å²) in [4.78, 5) is 13.5. The van der Waals surface area contributed by atoms with E-state index in [1.54, 1.807) is 14.2 Å². The Morgan fingerprint density at radius 2 is 1.93 bits per heavy atom. The van der Waals surface area contributed by atoms with Crippen LogP contribution in [0.2, 0.25) is 0 Å². The maximum atomic E-state index is 11.6. The molecular weight excluding hydrogens is 196 g/mol. The second kappa shape index (κ2) is 6.76. The van der Waals surface area contributed by atoms with Crippen molar-refractivity contribution in [2.45, 2.75) is 19.1 Å². The Morgan fingerprint density at radius 1 is 1.33 bits per heavy atom. The lowest BCUT2D eigenvalue weighted by molar-refractivity contribution is -0.130. The van der Waals surface area contributed by atoms with Crippen LogP contribution in [0.5, 0.6) is 0 Å². The summed E-state index contributed by atoms with van der Waals surface area (Å²) in [5, 5.41) is 3.02. The number of nitrogens with zero attached hydrogens (tertiary/aromatic N) is 1. The van der Waals surface area contributed by atoms with Crippen LogP contribution in [0.3, 0.4) is 0 Å². The molecule has 0 atom stereocenters. The molecule has 1 amide bonds. The molecule has 1 N–H and O–H groups in total. The van der Waals surface area contributed by atoms with Crippen LogP contribution in [-0.2, 0) is 14.3 Å². The Hall–Kier alpha value is -0.650. The van der Waals surface area contributed by atoms with Crippen molar-refractivity contribution in [1.82, 2.24) is 10.2 Å². The molecule has 1 fully saturated rings. The number of amides is 1. The molecule has 5 heteroatoms. The number of hydrogen-bond donors (Lipinski definition) is 1. The van der Waals surface area contributed by atoms with Gasteiger partial charge in [0.2, 0.25) is 5.91 Å². The van der Waals surface area contributed by atoms with Crippen LogP contribution in [0.1, 0.15) is 12.8 Å². The zero-order chi connectivity index (χ0) is 11.1. The second-order valence-corrected chi connectivity index (χ2v) is 3.62. The molecule has 0 unspecified atom stereocenters. The molecule has 0 aromatic carbocycles. The van der Waals surface area contributed by atoms with Crippen molar-refractivity contribution >= 4 is 5.91 Å². The van der Waals surface area contributed by atoms with E-state index >= 15 is 0 Å². The number of hydrogen-bond acceptors (Lipinski definition) is 4. The van der Waals surface area contributed by atoms with E-state index in [0.717, 1.165) is 25.9 Å². The largest absolute Gasteiger partial charge is 0.355 e. The third kappa shape index (κ3) is 4.15. The van der Waals surface area contributed by atoms with E-state index in [0.29, 0.717) is 13.1 Å². The topological polar surface area (TPSA) is 50.8 Å². The fourth-order valence-corrected chi connectivity index (χ4v) is 1.64. The van der Waals surface area contributed by atoms with Gasteiger partial charge in [0.15, 0.2) is 6.29 Å². The van der Waals surface area contributed by atoms with Crippen molar-refractivity contribution < 1.29 is 14.3 Å². The standard InChI is InChI=1S/C10H20N2O3/c1-14-10(15-2)8-11-7-9(13)12-5-3-4-6-12/h10-11H,3-8H2,1-2H3. The lowest BCUT2D eigenvalue weighted by atomic mass is 10.4. The van der Waals surface area contributed by atoms with E-state index < -0.39 is 0 Å². The van der Waals surface area contributed by atoms with Gasteiger partial charge in [0, 0.05) is 33.9 Å². The van der Waals surface area contributed by atoms with Crippen LogP contribution in [-0.4, -0.2) is 57.5 Å². The van der Waals surface area contributed by atoms with E-state index in [9.17, 15) is 4.79 Å². The van der Waals surface area contributed by atoms with Gasteiger partial charge in [-0.25, -0.2) is 0 Å². The zero-order valence-corrected chi connectivity index (χ0v) is 9.49. The Kier molecular flexibility index (Phi) is 5.60. The van der Waals surface area contributed by atoms with E-state index in [4.69, 9.17) is 9.47 Å². The van der Waals surface area contributed by atoms with Gasteiger partial charge >= 0.3 is 0 Å².